The monoisotopic (exact) mass is 478 g/mol. The van der Waals surface area contributed by atoms with Gasteiger partial charge >= 0.3 is 12.1 Å². The van der Waals surface area contributed by atoms with Gasteiger partial charge in [-0.15, -0.1) is 0 Å². The molecule has 1 saturated heterocycles. The molecule has 1 heterocycles. The lowest BCUT2D eigenvalue weighted by atomic mass is 9.90. The van der Waals surface area contributed by atoms with E-state index in [1.807, 2.05) is 31.2 Å². The number of hydrogen-bond donors (Lipinski definition) is 2. The zero-order valence-electron chi connectivity index (χ0n) is 20.4. The number of carboxylic acids is 1. The molecular weight excluding hydrogens is 444 g/mol. The molecule has 1 aliphatic heterocycles. The number of ether oxygens (including phenoxy) is 1. The van der Waals surface area contributed by atoms with Gasteiger partial charge in [0.2, 0.25) is 5.91 Å². The maximum Gasteiger partial charge on any atom is 0.407 e. The highest BCUT2D eigenvalue weighted by Crippen LogP contribution is 2.44. The SMILES string of the molecule is CCCC(CC(=O)N1CCC[C@H](C(=O)O)[C@@H]1C)NC(=O)OCC1c2ccccc2-c2ccccc21. The average Bonchev–Trinajstić information content (AvgIpc) is 3.16. The number of hydrogen-bond acceptors (Lipinski definition) is 4. The quantitative estimate of drug-likeness (QED) is 0.568. The molecule has 2 aromatic rings. The highest BCUT2D eigenvalue weighted by atomic mass is 16.5. The van der Waals surface area contributed by atoms with Crippen molar-refractivity contribution < 1.29 is 24.2 Å². The number of likely N-dealkylation sites (tertiary alicyclic amines) is 1. The fourth-order valence-electron chi connectivity index (χ4n) is 5.53. The predicted octanol–water partition coefficient (Wildman–Crippen LogP) is 4.80. The van der Waals surface area contributed by atoms with Crippen molar-refractivity contribution in [3.8, 4) is 11.1 Å². The molecule has 1 unspecified atom stereocenters. The van der Waals surface area contributed by atoms with Crippen LogP contribution in [0.2, 0.25) is 0 Å². The number of aliphatic carboxylic acids is 1. The molecule has 0 radical (unpaired) electrons. The van der Waals surface area contributed by atoms with Gasteiger partial charge in [-0.25, -0.2) is 4.79 Å². The Hall–Kier alpha value is -3.35. The summed E-state index contributed by atoms with van der Waals surface area (Å²) in [5, 5.41) is 12.3. The molecule has 7 heteroatoms. The second-order valence-corrected chi connectivity index (χ2v) is 9.57. The number of benzene rings is 2. The van der Waals surface area contributed by atoms with Crippen LogP contribution in [0.25, 0.3) is 11.1 Å². The van der Waals surface area contributed by atoms with Crippen molar-refractivity contribution in [3.05, 3.63) is 59.7 Å². The number of amides is 2. The zero-order valence-corrected chi connectivity index (χ0v) is 20.4. The summed E-state index contributed by atoms with van der Waals surface area (Å²) in [6.07, 6.45) is 2.29. The maximum atomic E-state index is 13.0. The molecule has 2 aliphatic rings. The second kappa shape index (κ2) is 10.9. The van der Waals surface area contributed by atoms with Crippen LogP contribution in [0, 0.1) is 5.92 Å². The number of carbonyl (C=O) groups excluding carboxylic acids is 2. The van der Waals surface area contributed by atoms with Crippen LogP contribution >= 0.6 is 0 Å². The van der Waals surface area contributed by atoms with E-state index in [4.69, 9.17) is 4.74 Å². The number of carbonyl (C=O) groups is 3. The summed E-state index contributed by atoms with van der Waals surface area (Å²) >= 11 is 0. The first-order chi connectivity index (χ1) is 16.9. The summed E-state index contributed by atoms with van der Waals surface area (Å²) in [5.41, 5.74) is 4.63. The molecule has 4 rings (SSSR count). The van der Waals surface area contributed by atoms with Crippen molar-refractivity contribution in [2.45, 2.75) is 64.0 Å². The average molecular weight is 479 g/mol. The lowest BCUT2D eigenvalue weighted by Crippen LogP contribution is -2.50. The van der Waals surface area contributed by atoms with Gasteiger partial charge in [0.25, 0.3) is 0 Å². The summed E-state index contributed by atoms with van der Waals surface area (Å²) < 4.78 is 5.66. The Morgan fingerprint density at radius 3 is 2.31 bits per heavy atom. The van der Waals surface area contributed by atoms with Crippen LogP contribution in [0.3, 0.4) is 0 Å². The molecule has 35 heavy (non-hydrogen) atoms. The van der Waals surface area contributed by atoms with Gasteiger partial charge in [-0.1, -0.05) is 61.9 Å². The van der Waals surface area contributed by atoms with E-state index < -0.39 is 18.0 Å². The molecular formula is C28H34N2O5. The van der Waals surface area contributed by atoms with Gasteiger partial charge in [-0.2, -0.15) is 0 Å². The normalized spacial score (nSPS) is 20.0. The number of nitrogens with zero attached hydrogens (tertiary/aromatic N) is 1. The van der Waals surface area contributed by atoms with Crippen LogP contribution < -0.4 is 5.32 Å². The lowest BCUT2D eigenvalue weighted by Gasteiger charge is -2.38. The minimum atomic E-state index is -0.864. The molecule has 1 aliphatic carbocycles. The molecule has 2 N–H and O–H groups in total. The van der Waals surface area contributed by atoms with E-state index in [-0.39, 0.29) is 36.9 Å². The molecule has 0 spiro atoms. The molecule has 7 nitrogen and oxygen atoms in total. The molecule has 0 bridgehead atoms. The van der Waals surface area contributed by atoms with Crippen molar-refractivity contribution >= 4 is 18.0 Å². The molecule has 1 fully saturated rings. The van der Waals surface area contributed by atoms with Crippen molar-refractivity contribution in [1.29, 1.82) is 0 Å². The summed E-state index contributed by atoms with van der Waals surface area (Å²) in [7, 11) is 0. The largest absolute Gasteiger partial charge is 0.481 e. The Morgan fingerprint density at radius 1 is 1.09 bits per heavy atom. The number of alkyl carbamates (subject to hydrolysis) is 1. The third-order valence-electron chi connectivity index (χ3n) is 7.35. The molecule has 0 saturated carbocycles. The zero-order chi connectivity index (χ0) is 24.9. The Labute approximate surface area is 206 Å². The number of nitrogens with one attached hydrogen (secondary N) is 1. The highest BCUT2D eigenvalue weighted by Gasteiger charge is 2.36. The number of piperidine rings is 1. The topological polar surface area (TPSA) is 95.9 Å². The minimum Gasteiger partial charge on any atom is -0.481 e. The van der Waals surface area contributed by atoms with Crippen LogP contribution in [-0.4, -0.2) is 53.2 Å². The second-order valence-electron chi connectivity index (χ2n) is 9.57. The van der Waals surface area contributed by atoms with Gasteiger partial charge in [-0.05, 0) is 48.4 Å². The van der Waals surface area contributed by atoms with Crippen LogP contribution in [0.5, 0.6) is 0 Å². The van der Waals surface area contributed by atoms with E-state index in [1.165, 1.54) is 11.1 Å². The van der Waals surface area contributed by atoms with Crippen molar-refractivity contribution in [2.75, 3.05) is 13.2 Å². The van der Waals surface area contributed by atoms with Gasteiger partial charge in [0.05, 0.1) is 5.92 Å². The van der Waals surface area contributed by atoms with E-state index in [9.17, 15) is 19.5 Å². The molecule has 186 valence electrons. The van der Waals surface area contributed by atoms with Crippen LogP contribution in [-0.2, 0) is 14.3 Å². The number of rotatable bonds is 8. The third-order valence-corrected chi connectivity index (χ3v) is 7.35. The van der Waals surface area contributed by atoms with E-state index in [0.717, 1.165) is 17.5 Å². The number of fused-ring (bicyclic) bond motifs is 3. The lowest BCUT2D eigenvalue weighted by molar-refractivity contribution is -0.149. The highest BCUT2D eigenvalue weighted by molar-refractivity contribution is 5.81. The van der Waals surface area contributed by atoms with Crippen LogP contribution in [0.4, 0.5) is 4.79 Å². The third kappa shape index (κ3) is 5.34. The van der Waals surface area contributed by atoms with Crippen molar-refractivity contribution in [3.63, 3.8) is 0 Å². The smallest absolute Gasteiger partial charge is 0.407 e. The fourth-order valence-corrected chi connectivity index (χ4v) is 5.53. The first kappa shape index (κ1) is 24.8. The molecule has 2 amide bonds. The van der Waals surface area contributed by atoms with Gasteiger partial charge in [0, 0.05) is 31.0 Å². The standard InChI is InChI=1S/C28H34N2O5/c1-3-9-19(16-26(31)30-15-8-14-20(18(30)2)27(32)33)29-28(34)35-17-25-23-12-6-4-10-21(23)22-11-5-7-13-24(22)25/h4-7,10-13,18-20,25H,3,8-9,14-17H2,1-2H3,(H,29,34)(H,32,33)/t18-,19?,20-/m0/s1. The van der Waals surface area contributed by atoms with Gasteiger partial charge in [0.15, 0.2) is 0 Å². The molecule has 3 atom stereocenters. The maximum absolute atomic E-state index is 13.0. The van der Waals surface area contributed by atoms with Crippen molar-refractivity contribution in [1.82, 2.24) is 10.2 Å². The fraction of sp³-hybridized carbons (Fsp3) is 0.464. The summed E-state index contributed by atoms with van der Waals surface area (Å²) in [4.78, 5) is 38.9. The van der Waals surface area contributed by atoms with E-state index in [1.54, 1.807) is 11.8 Å². The van der Waals surface area contributed by atoms with E-state index >= 15 is 0 Å². The molecule has 2 aromatic carbocycles. The van der Waals surface area contributed by atoms with E-state index in [0.29, 0.717) is 25.8 Å². The van der Waals surface area contributed by atoms with Gasteiger partial charge < -0.3 is 20.1 Å². The van der Waals surface area contributed by atoms with Crippen molar-refractivity contribution in [2.24, 2.45) is 5.92 Å². The summed E-state index contributed by atoms with van der Waals surface area (Å²) in [6.45, 7) is 4.56. The van der Waals surface area contributed by atoms with Gasteiger partial charge in [-0.3, -0.25) is 9.59 Å². The van der Waals surface area contributed by atoms with E-state index in [2.05, 4.69) is 29.6 Å². The summed E-state index contributed by atoms with van der Waals surface area (Å²) in [6, 6.07) is 15.6. The Kier molecular flexibility index (Phi) is 7.73. The Morgan fingerprint density at radius 2 is 1.71 bits per heavy atom. The Balaban J connectivity index is 1.36. The molecule has 0 aromatic heterocycles. The predicted molar refractivity (Wildman–Crippen MR) is 133 cm³/mol. The first-order valence-corrected chi connectivity index (χ1v) is 12.5. The van der Waals surface area contributed by atoms with Gasteiger partial charge in [0.1, 0.15) is 6.61 Å². The summed E-state index contributed by atoms with van der Waals surface area (Å²) in [5.74, 6) is -1.56. The van der Waals surface area contributed by atoms with Crippen LogP contribution in [0.15, 0.2) is 48.5 Å². The first-order valence-electron chi connectivity index (χ1n) is 12.5. The van der Waals surface area contributed by atoms with Crippen LogP contribution in [0.1, 0.15) is 63.0 Å². The minimum absolute atomic E-state index is 0.0263. The number of carboxylic acid groups (broad SMARTS) is 1. The Bertz CT molecular complexity index is 1040.